The number of anilines is 2. The highest BCUT2D eigenvalue weighted by molar-refractivity contribution is 6.30. The van der Waals surface area contributed by atoms with Crippen molar-refractivity contribution in [3.63, 3.8) is 0 Å². The minimum atomic E-state index is 0.197. The van der Waals surface area contributed by atoms with Gasteiger partial charge in [0.2, 0.25) is 11.9 Å². The van der Waals surface area contributed by atoms with Gasteiger partial charge in [-0.3, -0.25) is 4.79 Å². The van der Waals surface area contributed by atoms with E-state index in [4.69, 9.17) is 21.3 Å². The molecular formula is C22H28ClN5O2. The summed E-state index contributed by atoms with van der Waals surface area (Å²) in [6.45, 7) is 8.05. The van der Waals surface area contributed by atoms with Gasteiger partial charge >= 0.3 is 0 Å². The van der Waals surface area contributed by atoms with Crippen LogP contribution in [0.1, 0.15) is 17.7 Å². The molecular weight excluding hydrogens is 402 g/mol. The number of aromatic nitrogens is 2. The van der Waals surface area contributed by atoms with Crippen LogP contribution >= 0.6 is 11.6 Å². The zero-order valence-electron chi connectivity index (χ0n) is 17.4. The fourth-order valence-electron chi connectivity index (χ4n) is 3.89. The van der Waals surface area contributed by atoms with Gasteiger partial charge in [-0.1, -0.05) is 23.7 Å². The van der Waals surface area contributed by atoms with Gasteiger partial charge in [0.1, 0.15) is 5.82 Å². The Kier molecular flexibility index (Phi) is 6.69. The second-order valence-corrected chi connectivity index (χ2v) is 8.20. The molecule has 0 aliphatic carbocycles. The van der Waals surface area contributed by atoms with Gasteiger partial charge in [-0.15, -0.1) is 0 Å². The maximum atomic E-state index is 12.6. The number of rotatable bonds is 5. The zero-order chi connectivity index (χ0) is 20.9. The van der Waals surface area contributed by atoms with Crippen molar-refractivity contribution in [2.24, 2.45) is 0 Å². The van der Waals surface area contributed by atoms with Gasteiger partial charge in [0.05, 0.1) is 13.2 Å². The van der Waals surface area contributed by atoms with E-state index in [9.17, 15) is 4.79 Å². The summed E-state index contributed by atoms with van der Waals surface area (Å²) in [5, 5.41) is 0.713. The molecule has 2 saturated heterocycles. The van der Waals surface area contributed by atoms with Crippen LogP contribution in [-0.4, -0.2) is 73.3 Å². The maximum absolute atomic E-state index is 12.6. The minimum absolute atomic E-state index is 0.197. The van der Waals surface area contributed by atoms with E-state index in [-0.39, 0.29) is 5.91 Å². The molecule has 0 N–H and O–H groups in total. The number of amides is 1. The molecule has 3 heterocycles. The fourth-order valence-corrected chi connectivity index (χ4v) is 4.10. The van der Waals surface area contributed by atoms with E-state index >= 15 is 0 Å². The van der Waals surface area contributed by atoms with Gasteiger partial charge in [-0.25, -0.2) is 4.98 Å². The number of ether oxygens (including phenoxy) is 1. The van der Waals surface area contributed by atoms with Crippen LogP contribution in [0, 0.1) is 6.92 Å². The van der Waals surface area contributed by atoms with Crippen molar-refractivity contribution in [3.05, 3.63) is 46.6 Å². The number of piperazine rings is 1. The molecule has 1 aromatic carbocycles. The average molecular weight is 430 g/mol. The first kappa shape index (κ1) is 20.9. The van der Waals surface area contributed by atoms with Crippen molar-refractivity contribution in [1.82, 2.24) is 14.9 Å². The number of carbonyl (C=O) groups excluding carboxylic acids is 1. The average Bonchev–Trinajstić information content (AvgIpc) is 2.78. The van der Waals surface area contributed by atoms with Crippen LogP contribution < -0.4 is 9.80 Å². The summed E-state index contributed by atoms with van der Waals surface area (Å²) in [6.07, 6.45) is 1.22. The van der Waals surface area contributed by atoms with Gasteiger partial charge in [-0.2, -0.15) is 4.98 Å². The van der Waals surface area contributed by atoms with E-state index in [0.29, 0.717) is 44.2 Å². The van der Waals surface area contributed by atoms with Crippen molar-refractivity contribution in [1.29, 1.82) is 0 Å². The third-order valence-corrected chi connectivity index (χ3v) is 5.83. The lowest BCUT2D eigenvalue weighted by atomic mass is 10.1. The molecule has 0 bridgehead atoms. The van der Waals surface area contributed by atoms with Crippen molar-refractivity contribution >= 4 is 29.3 Å². The predicted molar refractivity (Wildman–Crippen MR) is 118 cm³/mol. The number of hydrogen-bond donors (Lipinski definition) is 0. The largest absolute Gasteiger partial charge is 0.378 e. The maximum Gasteiger partial charge on any atom is 0.227 e. The van der Waals surface area contributed by atoms with Crippen LogP contribution in [0.3, 0.4) is 0 Å². The Morgan fingerprint density at radius 2 is 1.80 bits per heavy atom. The Labute approximate surface area is 182 Å². The third kappa shape index (κ3) is 5.21. The van der Waals surface area contributed by atoms with Crippen LogP contribution in [0.15, 0.2) is 30.3 Å². The van der Waals surface area contributed by atoms with Crippen LogP contribution in [0.5, 0.6) is 0 Å². The Balaban J connectivity index is 1.32. The van der Waals surface area contributed by atoms with Crippen LogP contribution in [0.4, 0.5) is 11.8 Å². The number of benzene rings is 1. The smallest absolute Gasteiger partial charge is 0.227 e. The van der Waals surface area contributed by atoms with E-state index in [0.717, 1.165) is 49.2 Å². The Bertz CT molecular complexity index is 880. The molecule has 0 unspecified atom stereocenters. The number of hydrogen-bond acceptors (Lipinski definition) is 6. The SMILES string of the molecule is Cc1cc(N2CCN(C(=O)CCc3cccc(Cl)c3)CC2)nc(N2CCOCC2)n1. The van der Waals surface area contributed by atoms with Crippen molar-refractivity contribution in [3.8, 4) is 0 Å². The summed E-state index contributed by atoms with van der Waals surface area (Å²) in [7, 11) is 0. The summed E-state index contributed by atoms with van der Waals surface area (Å²) >= 11 is 6.03. The van der Waals surface area contributed by atoms with Gasteiger partial charge in [-0.05, 0) is 31.0 Å². The van der Waals surface area contributed by atoms with E-state index in [2.05, 4.69) is 14.8 Å². The van der Waals surface area contributed by atoms with Gasteiger partial charge < -0.3 is 19.4 Å². The minimum Gasteiger partial charge on any atom is -0.378 e. The highest BCUT2D eigenvalue weighted by Crippen LogP contribution is 2.20. The highest BCUT2D eigenvalue weighted by Gasteiger charge is 2.23. The van der Waals surface area contributed by atoms with Crippen molar-refractivity contribution < 1.29 is 9.53 Å². The number of aryl methyl sites for hydroxylation is 2. The molecule has 30 heavy (non-hydrogen) atoms. The summed E-state index contributed by atoms with van der Waals surface area (Å²) in [5.74, 6) is 1.91. The number of nitrogens with zero attached hydrogens (tertiary/aromatic N) is 5. The molecule has 1 amide bonds. The molecule has 160 valence electrons. The fraction of sp³-hybridized carbons (Fsp3) is 0.500. The quantitative estimate of drug-likeness (QED) is 0.728. The van der Waals surface area contributed by atoms with E-state index in [1.807, 2.05) is 42.2 Å². The molecule has 2 aliphatic heterocycles. The molecule has 7 nitrogen and oxygen atoms in total. The molecule has 1 aromatic heterocycles. The lowest BCUT2D eigenvalue weighted by Crippen LogP contribution is -2.49. The lowest BCUT2D eigenvalue weighted by Gasteiger charge is -2.36. The monoisotopic (exact) mass is 429 g/mol. The number of halogens is 1. The first-order valence-electron chi connectivity index (χ1n) is 10.5. The first-order valence-corrected chi connectivity index (χ1v) is 10.9. The van der Waals surface area contributed by atoms with Gasteiger partial charge in [0.15, 0.2) is 0 Å². The van der Waals surface area contributed by atoms with E-state index in [1.54, 1.807) is 0 Å². The normalized spacial score (nSPS) is 17.3. The molecule has 8 heteroatoms. The van der Waals surface area contributed by atoms with Crippen molar-refractivity contribution in [2.45, 2.75) is 19.8 Å². The Morgan fingerprint density at radius 3 is 2.53 bits per heavy atom. The molecule has 2 aliphatic rings. The summed E-state index contributed by atoms with van der Waals surface area (Å²) in [5.41, 5.74) is 2.06. The first-order chi connectivity index (χ1) is 14.6. The topological polar surface area (TPSA) is 61.8 Å². The second-order valence-electron chi connectivity index (χ2n) is 7.76. The molecule has 2 aromatic rings. The predicted octanol–water partition coefficient (Wildman–Crippen LogP) is 2.56. The molecule has 2 fully saturated rings. The van der Waals surface area contributed by atoms with Crippen LogP contribution in [0.2, 0.25) is 5.02 Å². The van der Waals surface area contributed by atoms with E-state index in [1.165, 1.54) is 0 Å². The summed E-state index contributed by atoms with van der Waals surface area (Å²) in [6, 6.07) is 9.75. The standard InChI is InChI=1S/C22H28ClN5O2/c1-17-15-20(25-22(24-17)28-11-13-30-14-12-28)26-7-9-27(10-8-26)21(29)6-5-18-3-2-4-19(23)16-18/h2-4,15-16H,5-14H2,1H3. The Morgan fingerprint density at radius 1 is 1.03 bits per heavy atom. The Hall–Kier alpha value is -2.38. The van der Waals surface area contributed by atoms with Crippen molar-refractivity contribution in [2.75, 3.05) is 62.3 Å². The van der Waals surface area contributed by atoms with E-state index < -0.39 is 0 Å². The summed E-state index contributed by atoms with van der Waals surface area (Å²) in [4.78, 5) is 28.4. The molecule has 0 atom stereocenters. The number of morpholine rings is 1. The van der Waals surface area contributed by atoms with Crippen LogP contribution in [-0.2, 0) is 16.0 Å². The number of carbonyl (C=O) groups is 1. The lowest BCUT2D eigenvalue weighted by molar-refractivity contribution is -0.131. The molecule has 0 radical (unpaired) electrons. The summed E-state index contributed by atoms with van der Waals surface area (Å²) < 4.78 is 5.43. The molecule has 0 spiro atoms. The molecule has 4 rings (SSSR count). The van der Waals surface area contributed by atoms with Gasteiger partial charge in [0, 0.05) is 62.5 Å². The third-order valence-electron chi connectivity index (χ3n) is 5.60. The zero-order valence-corrected chi connectivity index (χ0v) is 18.1. The van der Waals surface area contributed by atoms with Crippen LogP contribution in [0.25, 0.3) is 0 Å². The molecule has 0 saturated carbocycles. The second kappa shape index (κ2) is 9.62. The van der Waals surface area contributed by atoms with Gasteiger partial charge in [0.25, 0.3) is 0 Å². The highest BCUT2D eigenvalue weighted by atomic mass is 35.5.